The highest BCUT2D eigenvalue weighted by atomic mass is 16.6. The molecule has 0 saturated carbocycles. The minimum Gasteiger partial charge on any atom is -0.508 e. The number of carbonyl (C=O) groups excluding carboxylic acids is 1. The van der Waals surface area contributed by atoms with Gasteiger partial charge in [0, 0.05) is 11.6 Å². The highest BCUT2D eigenvalue weighted by Gasteiger charge is 2.22. The Kier molecular flexibility index (Phi) is 4.80. The molecule has 2 aromatic carbocycles. The van der Waals surface area contributed by atoms with Crippen LogP contribution in [0.4, 0.5) is 5.69 Å². The van der Waals surface area contributed by atoms with Crippen molar-refractivity contribution in [3.05, 3.63) is 63.7 Å². The van der Waals surface area contributed by atoms with E-state index in [-0.39, 0.29) is 17.0 Å². The number of amides is 1. The van der Waals surface area contributed by atoms with E-state index in [2.05, 4.69) is 5.32 Å². The van der Waals surface area contributed by atoms with Crippen LogP contribution in [0.1, 0.15) is 28.9 Å². The van der Waals surface area contributed by atoms with Crippen molar-refractivity contribution >= 4 is 11.6 Å². The molecule has 7 nitrogen and oxygen atoms in total. The van der Waals surface area contributed by atoms with Gasteiger partial charge in [-0.05, 0) is 31.2 Å². The molecule has 0 unspecified atom stereocenters. The quantitative estimate of drug-likeness (QED) is 0.652. The first-order chi connectivity index (χ1) is 10.9. The summed E-state index contributed by atoms with van der Waals surface area (Å²) in [6.45, 7) is 1.67. The summed E-state index contributed by atoms with van der Waals surface area (Å²) in [6, 6.07) is 9.78. The third-order valence-corrected chi connectivity index (χ3v) is 3.39. The van der Waals surface area contributed by atoms with E-state index >= 15 is 0 Å². The van der Waals surface area contributed by atoms with Gasteiger partial charge in [-0.2, -0.15) is 0 Å². The van der Waals surface area contributed by atoms with Crippen LogP contribution in [0.15, 0.2) is 42.5 Å². The van der Waals surface area contributed by atoms with Crippen LogP contribution in [0, 0.1) is 10.1 Å². The van der Waals surface area contributed by atoms with Gasteiger partial charge in [0.15, 0.2) is 0 Å². The summed E-state index contributed by atoms with van der Waals surface area (Å²) in [4.78, 5) is 22.7. The van der Waals surface area contributed by atoms with Crippen LogP contribution >= 0.6 is 0 Å². The Morgan fingerprint density at radius 2 is 2.00 bits per heavy atom. The second-order valence-corrected chi connectivity index (χ2v) is 4.89. The number of para-hydroxylation sites is 1. The zero-order valence-corrected chi connectivity index (χ0v) is 12.6. The first-order valence-electron chi connectivity index (χ1n) is 6.85. The molecule has 1 amide bonds. The SMILES string of the molecule is COc1ccc(O)c([C@@H](C)NC(=O)c2ccccc2[N+](=O)[O-])c1. The number of nitrogens with zero attached hydrogens (tertiary/aromatic N) is 1. The van der Waals surface area contributed by atoms with Crippen molar-refractivity contribution in [2.45, 2.75) is 13.0 Å². The molecule has 2 aromatic rings. The number of phenols is 1. The number of phenolic OH excluding ortho intramolecular Hbond substituents is 1. The fourth-order valence-electron chi connectivity index (χ4n) is 2.18. The lowest BCUT2D eigenvalue weighted by molar-refractivity contribution is -0.385. The Labute approximate surface area is 132 Å². The first-order valence-corrected chi connectivity index (χ1v) is 6.85. The Bertz CT molecular complexity index is 745. The van der Waals surface area contributed by atoms with E-state index in [0.717, 1.165) is 0 Å². The standard InChI is InChI=1S/C16H16N2O5/c1-10(13-9-11(23-2)7-8-15(13)19)17-16(20)12-5-3-4-6-14(12)18(21)22/h3-10,19H,1-2H3,(H,17,20)/t10-/m1/s1. The lowest BCUT2D eigenvalue weighted by Gasteiger charge is -2.16. The number of hydrogen-bond acceptors (Lipinski definition) is 5. The Hall–Kier alpha value is -3.09. The predicted octanol–water partition coefficient (Wildman–Crippen LogP) is 2.80. The minimum atomic E-state index is -0.609. The largest absolute Gasteiger partial charge is 0.508 e. The number of nitro benzene ring substituents is 1. The number of rotatable bonds is 5. The van der Waals surface area contributed by atoms with Crippen LogP contribution in [-0.2, 0) is 0 Å². The monoisotopic (exact) mass is 316 g/mol. The maximum atomic E-state index is 12.3. The molecule has 2 N–H and O–H groups in total. The maximum Gasteiger partial charge on any atom is 0.282 e. The molecule has 120 valence electrons. The smallest absolute Gasteiger partial charge is 0.282 e. The molecular formula is C16H16N2O5. The molecule has 0 aliphatic heterocycles. The molecule has 7 heteroatoms. The summed E-state index contributed by atoms with van der Waals surface area (Å²) in [5, 5.41) is 23.5. The zero-order valence-electron chi connectivity index (χ0n) is 12.6. The van der Waals surface area contributed by atoms with Crippen molar-refractivity contribution in [1.82, 2.24) is 5.32 Å². The molecule has 1 atom stereocenters. The number of methoxy groups -OCH3 is 1. The third-order valence-electron chi connectivity index (χ3n) is 3.39. The number of hydrogen-bond donors (Lipinski definition) is 2. The summed E-state index contributed by atoms with van der Waals surface area (Å²) < 4.78 is 5.09. The lowest BCUT2D eigenvalue weighted by atomic mass is 10.1. The average molecular weight is 316 g/mol. The summed E-state index contributed by atoms with van der Waals surface area (Å²) in [5.74, 6) is -0.0576. The van der Waals surface area contributed by atoms with E-state index in [0.29, 0.717) is 11.3 Å². The normalized spacial score (nSPS) is 11.6. The summed E-state index contributed by atoms with van der Waals surface area (Å²) in [5.41, 5.74) is 0.148. The highest BCUT2D eigenvalue weighted by Crippen LogP contribution is 2.29. The Balaban J connectivity index is 2.25. The fraction of sp³-hybridized carbons (Fsp3) is 0.188. The van der Waals surface area contributed by atoms with E-state index in [1.165, 1.54) is 31.4 Å². The number of benzene rings is 2. The van der Waals surface area contributed by atoms with Crippen molar-refractivity contribution in [3.8, 4) is 11.5 Å². The van der Waals surface area contributed by atoms with Crippen LogP contribution in [0.3, 0.4) is 0 Å². The molecule has 2 rings (SSSR count). The molecular weight excluding hydrogens is 300 g/mol. The van der Waals surface area contributed by atoms with Crippen molar-refractivity contribution in [2.24, 2.45) is 0 Å². The summed E-state index contributed by atoms with van der Waals surface area (Å²) in [6.07, 6.45) is 0. The number of aromatic hydroxyl groups is 1. The second-order valence-electron chi connectivity index (χ2n) is 4.89. The fourth-order valence-corrected chi connectivity index (χ4v) is 2.18. The van der Waals surface area contributed by atoms with Crippen LogP contribution in [0.2, 0.25) is 0 Å². The lowest BCUT2D eigenvalue weighted by Crippen LogP contribution is -2.27. The van der Waals surface area contributed by atoms with Gasteiger partial charge in [0.25, 0.3) is 11.6 Å². The van der Waals surface area contributed by atoms with E-state index < -0.39 is 16.9 Å². The van der Waals surface area contributed by atoms with Crippen molar-refractivity contribution in [1.29, 1.82) is 0 Å². The van der Waals surface area contributed by atoms with Gasteiger partial charge < -0.3 is 15.2 Å². The number of carbonyl (C=O) groups is 1. The van der Waals surface area contributed by atoms with Crippen LogP contribution < -0.4 is 10.1 Å². The van der Waals surface area contributed by atoms with Crippen molar-refractivity contribution in [3.63, 3.8) is 0 Å². The van der Waals surface area contributed by atoms with Crippen LogP contribution in [-0.4, -0.2) is 23.0 Å². The number of nitrogens with one attached hydrogen (secondary N) is 1. The second kappa shape index (κ2) is 6.78. The van der Waals surface area contributed by atoms with Crippen molar-refractivity contribution < 1.29 is 19.6 Å². The van der Waals surface area contributed by atoms with E-state index in [4.69, 9.17) is 4.74 Å². The Morgan fingerprint density at radius 1 is 1.30 bits per heavy atom. The molecule has 0 spiro atoms. The van der Waals surface area contributed by atoms with Gasteiger partial charge in [-0.15, -0.1) is 0 Å². The molecule has 0 fully saturated rings. The maximum absolute atomic E-state index is 12.3. The van der Waals surface area contributed by atoms with E-state index in [9.17, 15) is 20.0 Å². The zero-order chi connectivity index (χ0) is 17.0. The van der Waals surface area contributed by atoms with Crippen molar-refractivity contribution in [2.75, 3.05) is 7.11 Å². The Morgan fingerprint density at radius 3 is 2.65 bits per heavy atom. The molecule has 0 radical (unpaired) electrons. The van der Waals surface area contributed by atoms with Gasteiger partial charge in [0.1, 0.15) is 17.1 Å². The molecule has 0 heterocycles. The average Bonchev–Trinajstić information content (AvgIpc) is 2.55. The molecule has 0 bridgehead atoms. The molecule has 0 aliphatic rings. The van der Waals surface area contributed by atoms with Crippen LogP contribution in [0.25, 0.3) is 0 Å². The predicted molar refractivity (Wildman–Crippen MR) is 83.6 cm³/mol. The summed E-state index contributed by atoms with van der Waals surface area (Å²) >= 11 is 0. The van der Waals surface area contributed by atoms with Gasteiger partial charge in [0.2, 0.25) is 0 Å². The third kappa shape index (κ3) is 3.57. The molecule has 0 saturated heterocycles. The van der Waals surface area contributed by atoms with E-state index in [1.54, 1.807) is 25.1 Å². The van der Waals surface area contributed by atoms with Gasteiger partial charge in [-0.1, -0.05) is 12.1 Å². The van der Waals surface area contributed by atoms with Gasteiger partial charge in [-0.25, -0.2) is 0 Å². The van der Waals surface area contributed by atoms with Gasteiger partial charge in [0.05, 0.1) is 18.1 Å². The minimum absolute atomic E-state index is 0.00108. The van der Waals surface area contributed by atoms with Gasteiger partial charge in [-0.3, -0.25) is 14.9 Å². The highest BCUT2D eigenvalue weighted by molar-refractivity contribution is 5.98. The summed E-state index contributed by atoms with van der Waals surface area (Å²) in [7, 11) is 1.49. The molecule has 0 aliphatic carbocycles. The van der Waals surface area contributed by atoms with Crippen LogP contribution in [0.5, 0.6) is 11.5 Å². The topological polar surface area (TPSA) is 102 Å². The number of ether oxygens (including phenoxy) is 1. The first kappa shape index (κ1) is 16.3. The molecule has 23 heavy (non-hydrogen) atoms. The van der Waals surface area contributed by atoms with E-state index in [1.807, 2.05) is 0 Å². The molecule has 0 aromatic heterocycles. The number of nitro groups is 1. The van der Waals surface area contributed by atoms with Gasteiger partial charge >= 0.3 is 0 Å².